The van der Waals surface area contributed by atoms with Gasteiger partial charge in [-0.1, -0.05) is 54.6 Å². The SMILES string of the molecule is OC(c1ccccc1)C(F)(F)c1ccc2ccccc2n1. The summed E-state index contributed by atoms with van der Waals surface area (Å²) in [5.74, 6) is -3.45. The zero-order valence-electron chi connectivity index (χ0n) is 11.1. The maximum absolute atomic E-state index is 14.5. The molecule has 2 aromatic carbocycles. The number of pyridine rings is 1. The van der Waals surface area contributed by atoms with Crippen molar-refractivity contribution < 1.29 is 13.9 Å². The molecule has 4 heteroatoms. The third-order valence-electron chi connectivity index (χ3n) is 3.40. The number of benzene rings is 2. The minimum Gasteiger partial charge on any atom is -0.382 e. The minimum absolute atomic E-state index is 0.164. The number of nitrogens with zero attached hydrogens (tertiary/aromatic N) is 1. The fourth-order valence-corrected chi connectivity index (χ4v) is 2.24. The van der Waals surface area contributed by atoms with Crippen molar-refractivity contribution in [2.75, 3.05) is 0 Å². The molecule has 0 fully saturated rings. The van der Waals surface area contributed by atoms with Crippen LogP contribution < -0.4 is 0 Å². The molecule has 3 rings (SSSR count). The molecule has 0 saturated carbocycles. The molecule has 3 aromatic rings. The Morgan fingerprint density at radius 3 is 2.29 bits per heavy atom. The van der Waals surface area contributed by atoms with Crippen LogP contribution >= 0.6 is 0 Å². The van der Waals surface area contributed by atoms with E-state index in [0.717, 1.165) is 5.39 Å². The van der Waals surface area contributed by atoms with Crippen LogP contribution in [0.5, 0.6) is 0 Å². The topological polar surface area (TPSA) is 33.1 Å². The van der Waals surface area contributed by atoms with E-state index < -0.39 is 17.7 Å². The molecule has 2 nitrogen and oxygen atoms in total. The summed E-state index contributed by atoms with van der Waals surface area (Å²) >= 11 is 0. The van der Waals surface area contributed by atoms with Crippen molar-refractivity contribution in [3.8, 4) is 0 Å². The fraction of sp³-hybridized carbons (Fsp3) is 0.118. The molecule has 1 heterocycles. The number of alkyl halides is 2. The van der Waals surface area contributed by atoms with Crippen LogP contribution in [0.2, 0.25) is 0 Å². The van der Waals surface area contributed by atoms with E-state index in [1.165, 1.54) is 18.2 Å². The highest BCUT2D eigenvalue weighted by molar-refractivity contribution is 5.78. The van der Waals surface area contributed by atoms with Gasteiger partial charge in [0, 0.05) is 5.39 Å². The Bertz CT molecular complexity index is 759. The summed E-state index contributed by atoms with van der Waals surface area (Å²) in [7, 11) is 0. The van der Waals surface area contributed by atoms with Gasteiger partial charge < -0.3 is 5.11 Å². The van der Waals surface area contributed by atoms with Gasteiger partial charge in [-0.2, -0.15) is 8.78 Å². The van der Waals surface area contributed by atoms with Gasteiger partial charge in [-0.05, 0) is 17.7 Å². The lowest BCUT2D eigenvalue weighted by Crippen LogP contribution is -2.25. The Morgan fingerprint density at radius 2 is 1.52 bits per heavy atom. The molecule has 1 aromatic heterocycles. The fourth-order valence-electron chi connectivity index (χ4n) is 2.24. The molecular weight excluding hydrogens is 272 g/mol. The standard InChI is InChI=1S/C17H13F2NO/c18-17(19,16(21)13-7-2-1-3-8-13)15-11-10-12-6-4-5-9-14(12)20-15/h1-11,16,21H. The third kappa shape index (κ3) is 2.50. The van der Waals surface area contributed by atoms with Gasteiger partial charge in [-0.15, -0.1) is 0 Å². The largest absolute Gasteiger partial charge is 0.382 e. The highest BCUT2D eigenvalue weighted by Crippen LogP contribution is 2.39. The van der Waals surface area contributed by atoms with E-state index in [9.17, 15) is 13.9 Å². The second-order valence-electron chi connectivity index (χ2n) is 4.83. The van der Waals surface area contributed by atoms with Gasteiger partial charge in [0.25, 0.3) is 0 Å². The number of rotatable bonds is 3. The number of aliphatic hydroxyl groups excluding tert-OH is 1. The van der Waals surface area contributed by atoms with Crippen molar-refractivity contribution >= 4 is 10.9 Å². The van der Waals surface area contributed by atoms with E-state index in [2.05, 4.69) is 4.98 Å². The van der Waals surface area contributed by atoms with E-state index in [4.69, 9.17) is 0 Å². The van der Waals surface area contributed by atoms with Crippen LogP contribution in [0.4, 0.5) is 8.78 Å². The average Bonchev–Trinajstić information content (AvgIpc) is 2.54. The first-order valence-electron chi connectivity index (χ1n) is 6.56. The van der Waals surface area contributed by atoms with Crippen LogP contribution in [-0.4, -0.2) is 10.1 Å². The van der Waals surface area contributed by atoms with Crippen molar-refractivity contribution in [2.24, 2.45) is 0 Å². The molecule has 0 saturated heterocycles. The summed E-state index contributed by atoms with van der Waals surface area (Å²) in [6.07, 6.45) is -1.92. The zero-order chi connectivity index (χ0) is 14.9. The lowest BCUT2D eigenvalue weighted by Gasteiger charge is -2.22. The highest BCUT2D eigenvalue weighted by Gasteiger charge is 2.42. The Labute approximate surface area is 120 Å². The van der Waals surface area contributed by atoms with Gasteiger partial charge >= 0.3 is 5.92 Å². The summed E-state index contributed by atoms with van der Waals surface area (Å²) in [4.78, 5) is 3.98. The lowest BCUT2D eigenvalue weighted by atomic mass is 10.0. The van der Waals surface area contributed by atoms with E-state index in [0.29, 0.717) is 5.52 Å². The van der Waals surface area contributed by atoms with Gasteiger partial charge in [0.1, 0.15) is 11.8 Å². The molecule has 0 aliphatic carbocycles. The van der Waals surface area contributed by atoms with Gasteiger partial charge in [0.05, 0.1) is 5.52 Å². The van der Waals surface area contributed by atoms with Crippen LogP contribution in [0.1, 0.15) is 17.4 Å². The first kappa shape index (κ1) is 13.6. The summed E-state index contributed by atoms with van der Waals surface area (Å²) in [5.41, 5.74) is 0.213. The number of hydrogen-bond donors (Lipinski definition) is 1. The van der Waals surface area contributed by atoms with Crippen LogP contribution in [0.15, 0.2) is 66.7 Å². The van der Waals surface area contributed by atoms with Gasteiger partial charge in [0.2, 0.25) is 0 Å². The average molecular weight is 285 g/mol. The van der Waals surface area contributed by atoms with Crippen molar-refractivity contribution in [2.45, 2.75) is 12.0 Å². The smallest absolute Gasteiger partial charge is 0.319 e. The first-order valence-corrected chi connectivity index (χ1v) is 6.56. The van der Waals surface area contributed by atoms with E-state index in [1.807, 2.05) is 6.07 Å². The zero-order valence-corrected chi connectivity index (χ0v) is 11.1. The molecule has 0 bridgehead atoms. The molecule has 0 aliphatic rings. The maximum Gasteiger partial charge on any atom is 0.319 e. The number of hydrogen-bond acceptors (Lipinski definition) is 2. The van der Waals surface area contributed by atoms with Crippen molar-refractivity contribution in [1.82, 2.24) is 4.98 Å². The monoisotopic (exact) mass is 285 g/mol. The third-order valence-corrected chi connectivity index (χ3v) is 3.40. The van der Waals surface area contributed by atoms with Crippen LogP contribution in [0.3, 0.4) is 0 Å². The van der Waals surface area contributed by atoms with E-state index in [1.54, 1.807) is 42.5 Å². The number of para-hydroxylation sites is 1. The quantitative estimate of drug-likeness (QED) is 0.787. The summed E-state index contributed by atoms with van der Waals surface area (Å²) in [6.45, 7) is 0. The Balaban J connectivity index is 2.03. The minimum atomic E-state index is -3.45. The molecule has 0 aliphatic heterocycles. The Morgan fingerprint density at radius 1 is 0.857 bits per heavy atom. The van der Waals surface area contributed by atoms with Crippen LogP contribution in [-0.2, 0) is 5.92 Å². The number of aliphatic hydroxyl groups is 1. The van der Waals surface area contributed by atoms with Crippen LogP contribution in [0, 0.1) is 0 Å². The van der Waals surface area contributed by atoms with Crippen LogP contribution in [0.25, 0.3) is 10.9 Å². The highest BCUT2D eigenvalue weighted by atomic mass is 19.3. The summed E-state index contributed by atoms with van der Waals surface area (Å²) in [5, 5.41) is 10.8. The van der Waals surface area contributed by atoms with Gasteiger partial charge in [-0.25, -0.2) is 4.98 Å². The molecule has 1 N–H and O–H groups in total. The molecule has 1 atom stereocenters. The Kier molecular flexibility index (Phi) is 3.39. The van der Waals surface area contributed by atoms with E-state index >= 15 is 0 Å². The van der Waals surface area contributed by atoms with Crippen molar-refractivity contribution in [3.63, 3.8) is 0 Å². The van der Waals surface area contributed by atoms with Crippen molar-refractivity contribution in [3.05, 3.63) is 78.0 Å². The molecular formula is C17H13F2NO. The maximum atomic E-state index is 14.5. The molecule has 106 valence electrons. The number of aromatic nitrogens is 1. The number of halogens is 2. The Hall–Kier alpha value is -2.33. The normalized spacial score (nSPS) is 13.3. The second kappa shape index (κ2) is 5.22. The molecule has 0 amide bonds. The summed E-state index contributed by atoms with van der Waals surface area (Å²) < 4.78 is 28.9. The second-order valence-corrected chi connectivity index (χ2v) is 4.83. The predicted octanol–water partition coefficient (Wildman–Crippen LogP) is 4.06. The molecule has 21 heavy (non-hydrogen) atoms. The number of fused-ring (bicyclic) bond motifs is 1. The van der Waals surface area contributed by atoms with Gasteiger partial charge in [0.15, 0.2) is 0 Å². The first-order chi connectivity index (χ1) is 10.1. The predicted molar refractivity (Wildman–Crippen MR) is 77.0 cm³/mol. The van der Waals surface area contributed by atoms with Gasteiger partial charge in [-0.3, -0.25) is 0 Å². The molecule has 1 unspecified atom stereocenters. The molecule has 0 radical (unpaired) electrons. The van der Waals surface area contributed by atoms with Crippen molar-refractivity contribution in [1.29, 1.82) is 0 Å². The summed E-state index contributed by atoms with van der Waals surface area (Å²) in [6, 6.07) is 17.8. The van der Waals surface area contributed by atoms with E-state index in [-0.39, 0.29) is 5.56 Å². The molecule has 0 spiro atoms. The lowest BCUT2D eigenvalue weighted by molar-refractivity contribution is -0.120.